The first-order chi connectivity index (χ1) is 7.01. The number of pyridine rings is 1. The predicted octanol–water partition coefficient (Wildman–Crippen LogP) is 2.17. The molecule has 1 aromatic heterocycles. The Balaban J connectivity index is 2.95. The number of nitrogens with zero attached hydrogens (tertiary/aromatic N) is 2. The molecule has 0 fully saturated rings. The molecule has 0 aliphatic carbocycles. The van der Waals surface area contributed by atoms with Crippen LogP contribution in [-0.2, 0) is 6.54 Å². The van der Waals surface area contributed by atoms with Gasteiger partial charge < -0.3 is 10.6 Å². The van der Waals surface area contributed by atoms with E-state index in [9.17, 15) is 0 Å². The fourth-order valence-corrected chi connectivity index (χ4v) is 1.31. The fraction of sp³-hybridized carbons (Fsp3) is 0.583. The Hall–Kier alpha value is -1.09. The molecule has 0 aliphatic rings. The molecule has 0 saturated carbocycles. The van der Waals surface area contributed by atoms with Gasteiger partial charge in [0.25, 0.3) is 0 Å². The summed E-state index contributed by atoms with van der Waals surface area (Å²) in [6, 6.07) is 5.99. The van der Waals surface area contributed by atoms with Crippen LogP contribution < -0.4 is 10.6 Å². The molecule has 0 radical (unpaired) electrons. The Morgan fingerprint density at radius 1 is 1.40 bits per heavy atom. The van der Waals surface area contributed by atoms with Crippen LogP contribution in [-0.4, -0.2) is 17.6 Å². The maximum Gasteiger partial charge on any atom is 0.129 e. The quantitative estimate of drug-likeness (QED) is 0.822. The monoisotopic (exact) mass is 207 g/mol. The van der Waals surface area contributed by atoms with Crippen molar-refractivity contribution in [2.75, 3.05) is 11.9 Å². The van der Waals surface area contributed by atoms with Crippen molar-refractivity contribution in [1.82, 2.24) is 4.98 Å². The summed E-state index contributed by atoms with van der Waals surface area (Å²) in [5.41, 5.74) is 6.64. The van der Waals surface area contributed by atoms with Crippen molar-refractivity contribution in [2.45, 2.75) is 39.3 Å². The second-order valence-electron chi connectivity index (χ2n) is 4.42. The number of hydrogen-bond donors (Lipinski definition) is 1. The van der Waals surface area contributed by atoms with Gasteiger partial charge >= 0.3 is 0 Å². The summed E-state index contributed by atoms with van der Waals surface area (Å²) in [5.74, 6) is 0.991. The maximum atomic E-state index is 5.58. The first-order valence-corrected chi connectivity index (χ1v) is 5.41. The zero-order valence-electron chi connectivity index (χ0n) is 10.1. The topological polar surface area (TPSA) is 42.1 Å². The first-order valence-electron chi connectivity index (χ1n) is 5.41. The first kappa shape index (κ1) is 12.0. The second kappa shape index (κ2) is 4.62. The Morgan fingerprint density at radius 3 is 2.60 bits per heavy atom. The summed E-state index contributed by atoms with van der Waals surface area (Å²) >= 11 is 0. The largest absolute Gasteiger partial charge is 0.355 e. The van der Waals surface area contributed by atoms with Gasteiger partial charge in [-0.25, -0.2) is 4.98 Å². The molecule has 0 unspecified atom stereocenters. The summed E-state index contributed by atoms with van der Waals surface area (Å²) in [7, 11) is 2.08. The summed E-state index contributed by atoms with van der Waals surface area (Å²) in [4.78, 5) is 6.71. The molecule has 0 saturated heterocycles. The van der Waals surface area contributed by atoms with Crippen LogP contribution in [0.15, 0.2) is 18.2 Å². The average molecular weight is 207 g/mol. The van der Waals surface area contributed by atoms with Gasteiger partial charge in [0.1, 0.15) is 5.82 Å². The third-order valence-corrected chi connectivity index (χ3v) is 3.12. The summed E-state index contributed by atoms with van der Waals surface area (Å²) in [6.07, 6.45) is 1.08. The van der Waals surface area contributed by atoms with E-state index < -0.39 is 0 Å². The van der Waals surface area contributed by atoms with Gasteiger partial charge in [0, 0.05) is 19.1 Å². The predicted molar refractivity (Wildman–Crippen MR) is 64.9 cm³/mol. The van der Waals surface area contributed by atoms with E-state index in [1.54, 1.807) is 0 Å². The van der Waals surface area contributed by atoms with Gasteiger partial charge in [0.15, 0.2) is 0 Å². The van der Waals surface area contributed by atoms with E-state index in [-0.39, 0.29) is 5.54 Å². The minimum Gasteiger partial charge on any atom is -0.355 e. The van der Waals surface area contributed by atoms with Crippen molar-refractivity contribution < 1.29 is 0 Å². The standard InChI is InChI=1S/C12H21N3/c1-5-12(2,3)15(4)11-8-6-7-10(9-13)14-11/h6-8H,5,9,13H2,1-4H3. The second-order valence-corrected chi connectivity index (χ2v) is 4.42. The number of anilines is 1. The van der Waals surface area contributed by atoms with Gasteiger partial charge in [0.2, 0.25) is 0 Å². The molecule has 1 heterocycles. The zero-order chi connectivity index (χ0) is 11.5. The maximum absolute atomic E-state index is 5.58. The third kappa shape index (κ3) is 2.69. The molecule has 1 aromatic rings. The molecular formula is C12H21N3. The highest BCUT2D eigenvalue weighted by Gasteiger charge is 2.22. The van der Waals surface area contributed by atoms with Gasteiger partial charge in [-0.3, -0.25) is 0 Å². The highest BCUT2D eigenvalue weighted by atomic mass is 15.2. The molecule has 0 aromatic carbocycles. The zero-order valence-corrected chi connectivity index (χ0v) is 10.1. The molecule has 2 N–H and O–H groups in total. The minimum absolute atomic E-state index is 0.125. The summed E-state index contributed by atoms with van der Waals surface area (Å²) < 4.78 is 0. The van der Waals surface area contributed by atoms with Crippen molar-refractivity contribution in [3.63, 3.8) is 0 Å². The molecule has 84 valence electrons. The van der Waals surface area contributed by atoms with Crippen molar-refractivity contribution in [2.24, 2.45) is 5.73 Å². The van der Waals surface area contributed by atoms with E-state index >= 15 is 0 Å². The fourth-order valence-electron chi connectivity index (χ4n) is 1.31. The summed E-state index contributed by atoms with van der Waals surface area (Å²) in [6.45, 7) is 7.10. The highest BCUT2D eigenvalue weighted by Crippen LogP contribution is 2.22. The molecule has 0 aliphatic heterocycles. The van der Waals surface area contributed by atoms with Crippen molar-refractivity contribution in [3.05, 3.63) is 23.9 Å². The lowest BCUT2D eigenvalue weighted by Gasteiger charge is -2.36. The molecule has 0 atom stereocenters. The van der Waals surface area contributed by atoms with Crippen LogP contribution in [0.2, 0.25) is 0 Å². The van der Waals surface area contributed by atoms with Crippen molar-refractivity contribution in [3.8, 4) is 0 Å². The third-order valence-electron chi connectivity index (χ3n) is 3.12. The van der Waals surface area contributed by atoms with E-state index in [0.29, 0.717) is 6.54 Å². The van der Waals surface area contributed by atoms with E-state index in [1.165, 1.54) is 0 Å². The van der Waals surface area contributed by atoms with Crippen LogP contribution in [0.3, 0.4) is 0 Å². The molecule has 0 spiro atoms. The molecule has 3 heteroatoms. The Kier molecular flexibility index (Phi) is 3.69. The van der Waals surface area contributed by atoms with Crippen LogP contribution in [0.1, 0.15) is 32.9 Å². The number of rotatable bonds is 4. The van der Waals surface area contributed by atoms with Gasteiger partial charge in [-0.2, -0.15) is 0 Å². The highest BCUT2D eigenvalue weighted by molar-refractivity contribution is 5.41. The van der Waals surface area contributed by atoms with E-state index in [2.05, 4.69) is 37.7 Å². The number of nitrogens with two attached hydrogens (primary N) is 1. The lowest BCUT2D eigenvalue weighted by atomic mass is 10.00. The van der Waals surface area contributed by atoms with Crippen LogP contribution >= 0.6 is 0 Å². The minimum atomic E-state index is 0.125. The van der Waals surface area contributed by atoms with E-state index in [0.717, 1.165) is 17.9 Å². The normalized spacial score (nSPS) is 11.5. The smallest absolute Gasteiger partial charge is 0.129 e. The Morgan fingerprint density at radius 2 is 2.07 bits per heavy atom. The lowest BCUT2D eigenvalue weighted by Crippen LogP contribution is -2.41. The van der Waals surface area contributed by atoms with Gasteiger partial charge in [-0.05, 0) is 32.4 Å². The average Bonchev–Trinajstić information content (AvgIpc) is 2.28. The number of hydrogen-bond acceptors (Lipinski definition) is 3. The van der Waals surface area contributed by atoms with Gasteiger partial charge in [0.05, 0.1) is 5.69 Å². The molecule has 15 heavy (non-hydrogen) atoms. The molecule has 0 bridgehead atoms. The van der Waals surface area contributed by atoms with Crippen LogP contribution in [0, 0.1) is 0 Å². The van der Waals surface area contributed by atoms with E-state index in [4.69, 9.17) is 5.73 Å². The van der Waals surface area contributed by atoms with Gasteiger partial charge in [-0.15, -0.1) is 0 Å². The van der Waals surface area contributed by atoms with Gasteiger partial charge in [-0.1, -0.05) is 13.0 Å². The molecule has 0 amide bonds. The van der Waals surface area contributed by atoms with Crippen LogP contribution in [0.4, 0.5) is 5.82 Å². The number of aromatic nitrogens is 1. The van der Waals surface area contributed by atoms with E-state index in [1.807, 2.05) is 18.2 Å². The van der Waals surface area contributed by atoms with Crippen LogP contribution in [0.25, 0.3) is 0 Å². The SMILES string of the molecule is CCC(C)(C)N(C)c1cccc(CN)n1. The Bertz CT molecular complexity index is 320. The Labute approximate surface area is 92.3 Å². The van der Waals surface area contributed by atoms with Crippen LogP contribution in [0.5, 0.6) is 0 Å². The molecule has 1 rings (SSSR count). The summed E-state index contributed by atoms with van der Waals surface area (Å²) in [5, 5.41) is 0. The molecular weight excluding hydrogens is 186 g/mol. The lowest BCUT2D eigenvalue weighted by molar-refractivity contribution is 0.467. The van der Waals surface area contributed by atoms with Crippen molar-refractivity contribution in [1.29, 1.82) is 0 Å². The molecule has 3 nitrogen and oxygen atoms in total. The van der Waals surface area contributed by atoms with Crippen molar-refractivity contribution >= 4 is 5.82 Å².